The van der Waals surface area contributed by atoms with Crippen LogP contribution >= 0.6 is 0 Å². The molecule has 2 atom stereocenters. The number of nitrogens with zero attached hydrogens (tertiary/aromatic N) is 3. The molecule has 3 heterocycles. The number of hydrogen-bond donors (Lipinski definition) is 1. The summed E-state index contributed by atoms with van der Waals surface area (Å²) in [6, 6.07) is 10.8. The van der Waals surface area contributed by atoms with E-state index in [0.717, 1.165) is 18.5 Å². The molecule has 0 spiro atoms. The molecule has 0 radical (unpaired) electrons. The molecule has 1 N–H and O–H groups in total. The van der Waals surface area contributed by atoms with Crippen molar-refractivity contribution in [3.63, 3.8) is 0 Å². The second-order valence-electron chi connectivity index (χ2n) is 7.19. The van der Waals surface area contributed by atoms with E-state index in [1.165, 1.54) is 27.7 Å². The Labute approximate surface area is 148 Å². The Morgan fingerprint density at radius 1 is 1.24 bits per heavy atom. The summed E-state index contributed by atoms with van der Waals surface area (Å²) in [5.74, 6) is 0. The maximum absolute atomic E-state index is 10.8. The lowest BCUT2D eigenvalue weighted by molar-refractivity contribution is 0.155. The van der Waals surface area contributed by atoms with Gasteiger partial charge in [-0.15, -0.1) is 0 Å². The Bertz CT molecular complexity index is 900. The summed E-state index contributed by atoms with van der Waals surface area (Å²) in [5, 5.41) is 12.1. The Balaban J connectivity index is 1.84. The second-order valence-corrected chi connectivity index (χ2v) is 7.19. The fourth-order valence-electron chi connectivity index (χ4n) is 4.05. The van der Waals surface area contributed by atoms with Gasteiger partial charge in [-0.1, -0.05) is 11.6 Å². The van der Waals surface area contributed by atoms with Gasteiger partial charge >= 0.3 is 0 Å². The van der Waals surface area contributed by atoms with Crippen LogP contribution in [0.15, 0.2) is 42.7 Å². The van der Waals surface area contributed by atoms with Crippen LogP contribution in [0.25, 0.3) is 10.9 Å². The van der Waals surface area contributed by atoms with Crippen LogP contribution in [0.1, 0.15) is 41.5 Å². The van der Waals surface area contributed by atoms with Gasteiger partial charge in [-0.3, -0.25) is 9.88 Å². The molecule has 1 aliphatic heterocycles. The van der Waals surface area contributed by atoms with E-state index in [1.54, 1.807) is 12.4 Å². The van der Waals surface area contributed by atoms with E-state index < -0.39 is 6.10 Å². The van der Waals surface area contributed by atoms with E-state index in [1.807, 2.05) is 12.1 Å². The van der Waals surface area contributed by atoms with Crippen molar-refractivity contribution in [2.24, 2.45) is 0 Å². The predicted molar refractivity (Wildman–Crippen MR) is 101 cm³/mol. The van der Waals surface area contributed by atoms with Gasteiger partial charge in [0, 0.05) is 48.0 Å². The minimum atomic E-state index is -0.529. The average Bonchev–Trinajstić information content (AvgIpc) is 2.92. The molecule has 0 saturated heterocycles. The molecule has 3 aromatic rings. The number of aryl methyl sites for hydroxylation is 1. The lowest BCUT2D eigenvalue weighted by atomic mass is 9.97. The van der Waals surface area contributed by atoms with Gasteiger partial charge in [0.1, 0.15) is 0 Å². The first-order valence-corrected chi connectivity index (χ1v) is 8.96. The van der Waals surface area contributed by atoms with E-state index in [-0.39, 0.29) is 0 Å². The summed E-state index contributed by atoms with van der Waals surface area (Å²) in [7, 11) is 2.19. The van der Waals surface area contributed by atoms with Gasteiger partial charge < -0.3 is 9.67 Å². The minimum Gasteiger partial charge on any atom is -0.387 e. The highest BCUT2D eigenvalue weighted by atomic mass is 16.3. The lowest BCUT2D eigenvalue weighted by Gasteiger charge is -2.31. The Kier molecular flexibility index (Phi) is 4.10. The number of hydrogen-bond acceptors (Lipinski definition) is 3. The topological polar surface area (TPSA) is 41.3 Å². The van der Waals surface area contributed by atoms with Gasteiger partial charge in [-0.2, -0.15) is 0 Å². The molecular formula is C21H25N3O. The molecule has 2 unspecified atom stereocenters. The summed E-state index contributed by atoms with van der Waals surface area (Å²) >= 11 is 0. The fraction of sp³-hybridized carbons (Fsp3) is 0.381. The monoisotopic (exact) mass is 335 g/mol. The number of likely N-dealkylation sites (N-methyl/N-ethyl adjacent to an activating group) is 1. The van der Waals surface area contributed by atoms with Gasteiger partial charge in [0.25, 0.3) is 0 Å². The average molecular weight is 335 g/mol. The normalized spacial score (nSPS) is 19.1. The molecule has 130 valence electrons. The van der Waals surface area contributed by atoms with Crippen LogP contribution in [0.5, 0.6) is 0 Å². The number of aliphatic hydroxyl groups excluding tert-OH is 1. The number of rotatable bonds is 3. The quantitative estimate of drug-likeness (QED) is 0.795. The summed E-state index contributed by atoms with van der Waals surface area (Å²) in [5.41, 5.74) is 6.22. The SMILES string of the molecule is Cc1ccc2c(c1)c1c(n2CC(O)c2ccncc2)CCN(C)C1C. The highest BCUT2D eigenvalue weighted by molar-refractivity contribution is 5.87. The molecule has 1 aromatic carbocycles. The third-order valence-electron chi connectivity index (χ3n) is 5.60. The molecule has 0 fully saturated rings. The van der Waals surface area contributed by atoms with E-state index in [2.05, 4.69) is 53.5 Å². The number of aromatic nitrogens is 2. The lowest BCUT2D eigenvalue weighted by Crippen LogP contribution is -2.31. The highest BCUT2D eigenvalue weighted by Gasteiger charge is 2.28. The van der Waals surface area contributed by atoms with Crippen molar-refractivity contribution < 1.29 is 5.11 Å². The molecule has 0 aliphatic carbocycles. The second kappa shape index (κ2) is 6.28. The molecule has 25 heavy (non-hydrogen) atoms. The number of fused-ring (bicyclic) bond motifs is 3. The molecule has 4 heteroatoms. The number of benzene rings is 1. The smallest absolute Gasteiger partial charge is 0.0970 e. The molecule has 0 amide bonds. The van der Waals surface area contributed by atoms with Crippen LogP contribution in [-0.2, 0) is 13.0 Å². The largest absolute Gasteiger partial charge is 0.387 e. The van der Waals surface area contributed by atoms with Crippen molar-refractivity contribution in [1.29, 1.82) is 0 Å². The van der Waals surface area contributed by atoms with Gasteiger partial charge in [0.2, 0.25) is 0 Å². The Morgan fingerprint density at radius 3 is 2.76 bits per heavy atom. The van der Waals surface area contributed by atoms with E-state index in [9.17, 15) is 5.11 Å². The van der Waals surface area contributed by atoms with Crippen LogP contribution in [0, 0.1) is 6.92 Å². The summed E-state index contributed by atoms with van der Waals surface area (Å²) < 4.78 is 2.33. The molecule has 0 bridgehead atoms. The third kappa shape index (κ3) is 2.75. The van der Waals surface area contributed by atoms with Crippen LogP contribution in [0.2, 0.25) is 0 Å². The molecule has 2 aromatic heterocycles. The maximum Gasteiger partial charge on any atom is 0.0970 e. The van der Waals surface area contributed by atoms with Gasteiger partial charge in [-0.25, -0.2) is 0 Å². The van der Waals surface area contributed by atoms with E-state index >= 15 is 0 Å². The van der Waals surface area contributed by atoms with Crippen molar-refractivity contribution >= 4 is 10.9 Å². The predicted octanol–water partition coefficient (Wildman–Crippen LogP) is 3.63. The van der Waals surface area contributed by atoms with Crippen LogP contribution < -0.4 is 0 Å². The molecule has 1 aliphatic rings. The van der Waals surface area contributed by atoms with Crippen LogP contribution in [0.3, 0.4) is 0 Å². The van der Waals surface area contributed by atoms with Crippen molar-refractivity contribution in [3.8, 4) is 0 Å². The van der Waals surface area contributed by atoms with Crippen LogP contribution in [-0.4, -0.2) is 33.1 Å². The summed E-state index contributed by atoms with van der Waals surface area (Å²) in [6.07, 6.45) is 3.97. The van der Waals surface area contributed by atoms with Crippen LogP contribution in [0.4, 0.5) is 0 Å². The first-order chi connectivity index (χ1) is 12.1. The van der Waals surface area contributed by atoms with E-state index in [4.69, 9.17) is 0 Å². The summed E-state index contributed by atoms with van der Waals surface area (Å²) in [6.45, 7) is 6.06. The molecular weight excluding hydrogens is 310 g/mol. The maximum atomic E-state index is 10.8. The van der Waals surface area contributed by atoms with Gasteiger partial charge in [0.05, 0.1) is 12.6 Å². The zero-order valence-electron chi connectivity index (χ0n) is 15.1. The molecule has 0 saturated carbocycles. The summed E-state index contributed by atoms with van der Waals surface area (Å²) in [4.78, 5) is 6.46. The Hall–Kier alpha value is -2.17. The van der Waals surface area contributed by atoms with Crippen molar-refractivity contribution in [2.45, 2.75) is 39.0 Å². The zero-order valence-corrected chi connectivity index (χ0v) is 15.1. The third-order valence-corrected chi connectivity index (χ3v) is 5.60. The zero-order chi connectivity index (χ0) is 17.6. The molecule has 4 rings (SSSR count). The fourth-order valence-corrected chi connectivity index (χ4v) is 4.05. The first-order valence-electron chi connectivity index (χ1n) is 8.96. The van der Waals surface area contributed by atoms with Crippen molar-refractivity contribution in [1.82, 2.24) is 14.5 Å². The first kappa shape index (κ1) is 16.3. The number of pyridine rings is 1. The van der Waals surface area contributed by atoms with Crippen molar-refractivity contribution in [3.05, 3.63) is 65.1 Å². The Morgan fingerprint density at radius 2 is 2.00 bits per heavy atom. The minimum absolute atomic E-state index is 0.396. The standard InChI is InChI=1S/C21H25N3O/c1-14-4-5-18-17(12-14)21-15(2)23(3)11-8-19(21)24(18)13-20(25)16-6-9-22-10-7-16/h4-7,9-10,12,15,20,25H,8,11,13H2,1-3H3. The molecule has 4 nitrogen and oxygen atoms in total. The van der Waals surface area contributed by atoms with Gasteiger partial charge in [0.15, 0.2) is 0 Å². The van der Waals surface area contributed by atoms with E-state index in [0.29, 0.717) is 12.6 Å². The highest BCUT2D eigenvalue weighted by Crippen LogP contribution is 2.38. The van der Waals surface area contributed by atoms with Crippen molar-refractivity contribution in [2.75, 3.05) is 13.6 Å². The van der Waals surface area contributed by atoms with Gasteiger partial charge in [-0.05, 0) is 56.3 Å². The number of aliphatic hydroxyl groups is 1.